The van der Waals surface area contributed by atoms with Crippen LogP contribution in [0.5, 0.6) is 11.5 Å². The summed E-state index contributed by atoms with van der Waals surface area (Å²) in [5, 5.41) is 75.7. The Balaban J connectivity index is 1.39. The Labute approximate surface area is 341 Å². The van der Waals surface area contributed by atoms with E-state index < -0.39 is 85.9 Å². The fourth-order valence-electron chi connectivity index (χ4n) is 8.34. The number of amides is 1. The average molecular weight is 829 g/mol. The fourth-order valence-corrected chi connectivity index (χ4v) is 8.34. The summed E-state index contributed by atoms with van der Waals surface area (Å²) in [4.78, 5) is 62.7. The summed E-state index contributed by atoms with van der Waals surface area (Å²) in [6, 6.07) is 12.8. The molecule has 3 aromatic rings. The first-order chi connectivity index (χ1) is 28.9. The summed E-state index contributed by atoms with van der Waals surface area (Å²) in [5.74, 6) is -3.64. The van der Waals surface area contributed by atoms with E-state index in [-0.39, 0.29) is 89.5 Å². The largest absolute Gasteiger partial charge is 0.486 e. The quantitative estimate of drug-likeness (QED) is 0.0795. The standard InChI is InChI=1S/C41H41N5O14/c42-40-44-37-30(38(55)45-40)43-18-46(37)27-4-2-1-3-22(27)21-8-12-57-17-28-33(53)36(54)41(56,9-11-48)39(59-28)60-34-25(21)14-26-29(35(34)58-16-20(50)7-10-47)32(52)24-13-19(15-49)5-6-23(24)31(26)51/h1-6,10,13-14,20-21,28,33,36,39,48-50,53-54,56H,7-9,11-12,15-18H2,(H2,42,45,55)/p+1. The van der Waals surface area contributed by atoms with Crippen LogP contribution in [-0.4, -0.2) is 141 Å². The van der Waals surface area contributed by atoms with E-state index in [0.29, 0.717) is 28.0 Å². The number of benzene rings is 3. The lowest BCUT2D eigenvalue weighted by molar-refractivity contribution is -0.723. The van der Waals surface area contributed by atoms with Crippen molar-refractivity contribution in [1.29, 1.82) is 5.41 Å². The molecule has 1 aliphatic carbocycles. The van der Waals surface area contributed by atoms with Crippen LogP contribution in [0.1, 0.15) is 73.7 Å². The molecule has 3 aromatic carbocycles. The number of carbonyl (C=O) groups excluding carboxylic acids is 4. The Morgan fingerprint density at radius 2 is 1.85 bits per heavy atom. The number of amidine groups is 1. The van der Waals surface area contributed by atoms with Crippen molar-refractivity contribution in [2.45, 2.75) is 68.1 Å². The van der Waals surface area contributed by atoms with Gasteiger partial charge in [0.2, 0.25) is 18.0 Å². The molecule has 2 bridgehead atoms. The van der Waals surface area contributed by atoms with Crippen molar-refractivity contribution in [1.82, 2.24) is 5.32 Å². The molecular weight excluding hydrogens is 786 g/mol. The summed E-state index contributed by atoms with van der Waals surface area (Å²) in [6.45, 7) is -2.05. The van der Waals surface area contributed by atoms with Crippen molar-refractivity contribution in [3.63, 3.8) is 0 Å². The summed E-state index contributed by atoms with van der Waals surface area (Å²) < 4.78 is 25.0. The molecule has 1 fully saturated rings. The molecule has 0 radical (unpaired) electrons. The predicted molar refractivity (Wildman–Crippen MR) is 206 cm³/mol. The van der Waals surface area contributed by atoms with Gasteiger partial charge in [0, 0.05) is 59.8 Å². The molecule has 60 heavy (non-hydrogen) atoms. The van der Waals surface area contributed by atoms with Gasteiger partial charge >= 0.3 is 0 Å². The molecule has 4 heterocycles. The first-order valence-electron chi connectivity index (χ1n) is 19.3. The number of ketones is 2. The normalized spacial score (nSPS) is 27.8. The number of guanidine groups is 1. The maximum absolute atomic E-state index is 14.7. The number of fused-ring (bicyclic) bond motifs is 6. The lowest BCUT2D eigenvalue weighted by Gasteiger charge is -2.47. The zero-order valence-corrected chi connectivity index (χ0v) is 31.9. The number of rotatable bonds is 10. The molecule has 314 valence electrons. The van der Waals surface area contributed by atoms with Gasteiger partial charge in [-0.25, -0.2) is 9.89 Å². The number of para-hydroxylation sites is 1. The third-order valence-corrected chi connectivity index (χ3v) is 11.4. The van der Waals surface area contributed by atoms with Crippen LogP contribution in [0.2, 0.25) is 0 Å². The highest BCUT2D eigenvalue weighted by Gasteiger charge is 2.57. The Bertz CT molecular complexity index is 2350. The van der Waals surface area contributed by atoms with Gasteiger partial charge in [-0.05, 0) is 36.2 Å². The predicted octanol–water partition coefficient (Wildman–Crippen LogP) is -1.83. The highest BCUT2D eigenvalue weighted by atomic mass is 16.7. The molecule has 0 saturated carbocycles. The van der Waals surface area contributed by atoms with E-state index in [0.717, 1.165) is 0 Å². The minimum Gasteiger partial charge on any atom is -0.486 e. The topological polar surface area (TPSA) is 292 Å². The third-order valence-electron chi connectivity index (χ3n) is 11.4. The van der Waals surface area contributed by atoms with Crippen molar-refractivity contribution in [3.8, 4) is 11.5 Å². The van der Waals surface area contributed by atoms with Crippen LogP contribution >= 0.6 is 0 Å². The van der Waals surface area contributed by atoms with Crippen LogP contribution in [0.4, 0.5) is 5.69 Å². The number of hydrogen-bond donors (Lipinski definition) is 9. The molecule has 8 atom stereocenters. The van der Waals surface area contributed by atoms with Gasteiger partial charge < -0.3 is 54.4 Å². The van der Waals surface area contributed by atoms with Crippen LogP contribution in [-0.2, 0) is 25.7 Å². The van der Waals surface area contributed by atoms with E-state index in [2.05, 4.69) is 15.3 Å². The van der Waals surface area contributed by atoms with Gasteiger partial charge in [0.1, 0.15) is 36.9 Å². The number of carbonyl (C=O) groups is 4. The van der Waals surface area contributed by atoms with E-state index in [1.165, 1.54) is 24.3 Å². The molecule has 1 saturated heterocycles. The Morgan fingerprint density at radius 1 is 1.05 bits per heavy atom. The molecule has 8 unspecified atom stereocenters. The van der Waals surface area contributed by atoms with Gasteiger partial charge in [-0.15, -0.1) is 0 Å². The van der Waals surface area contributed by atoms with Crippen molar-refractivity contribution in [3.05, 3.63) is 87.5 Å². The van der Waals surface area contributed by atoms with Crippen molar-refractivity contribution in [2.24, 2.45) is 9.98 Å². The van der Waals surface area contributed by atoms with E-state index in [4.69, 9.17) is 24.4 Å². The Kier molecular flexibility index (Phi) is 11.3. The minimum absolute atomic E-state index is 0.0206. The molecule has 5 aliphatic rings. The first kappa shape index (κ1) is 41.1. The molecule has 9 N–H and O–H groups in total. The van der Waals surface area contributed by atoms with E-state index >= 15 is 0 Å². The second-order valence-corrected chi connectivity index (χ2v) is 15.0. The second kappa shape index (κ2) is 16.4. The molecule has 1 amide bonds. The smallest absolute Gasteiger partial charge is 0.284 e. The van der Waals surface area contributed by atoms with Gasteiger partial charge in [-0.2, -0.15) is 4.99 Å². The lowest BCUT2D eigenvalue weighted by Crippen LogP contribution is -3.09. The van der Waals surface area contributed by atoms with Gasteiger partial charge in [-0.1, -0.05) is 24.3 Å². The van der Waals surface area contributed by atoms with Gasteiger partial charge in [0.05, 0.1) is 24.9 Å². The Morgan fingerprint density at radius 3 is 2.62 bits per heavy atom. The molecule has 0 aromatic heterocycles. The molecule has 0 spiro atoms. The van der Waals surface area contributed by atoms with E-state index in [9.17, 15) is 49.8 Å². The number of quaternary nitrogens is 1. The number of nitrogens with zero attached hydrogens (tertiary/aromatic N) is 2. The number of aldehydes is 1. The zero-order chi connectivity index (χ0) is 42.5. The number of aliphatic hydroxyl groups is 6. The third kappa shape index (κ3) is 7.02. The number of aliphatic imine (C=N–C) groups is 2. The molecule has 4 aliphatic heterocycles. The summed E-state index contributed by atoms with van der Waals surface area (Å²) >= 11 is 0. The van der Waals surface area contributed by atoms with Gasteiger partial charge in [0.15, 0.2) is 35.3 Å². The molecule has 19 nitrogen and oxygen atoms in total. The van der Waals surface area contributed by atoms with Gasteiger partial charge in [0.25, 0.3) is 11.7 Å². The second-order valence-electron chi connectivity index (χ2n) is 15.0. The minimum atomic E-state index is -2.49. The number of ether oxygens (including phenoxy) is 4. The first-order valence-corrected chi connectivity index (χ1v) is 19.3. The SMILES string of the molecule is N=C1N=C2C(=NC[NH+]2c2ccccc2C2CCOCC3OC(Oc4c2cc2c(c4OCC(O)CC=O)C(=O)c4cc(CO)ccc4C2=O)C(O)(CCO)C(O)C3O)C(=O)N1. The van der Waals surface area contributed by atoms with Crippen LogP contribution in [0.15, 0.2) is 58.5 Å². The highest BCUT2D eigenvalue weighted by Crippen LogP contribution is 2.50. The summed E-state index contributed by atoms with van der Waals surface area (Å²) in [5.41, 5.74) is -1.31. The molecule has 8 rings (SSSR count). The molecule has 19 heteroatoms. The van der Waals surface area contributed by atoms with E-state index in [1.807, 2.05) is 0 Å². The number of hydrogen-bond acceptors (Lipinski definition) is 16. The Hall–Kier alpha value is -5.61. The van der Waals surface area contributed by atoms with Crippen LogP contribution in [0, 0.1) is 5.41 Å². The van der Waals surface area contributed by atoms with Crippen LogP contribution in [0.25, 0.3) is 0 Å². The van der Waals surface area contributed by atoms with Crippen molar-refractivity contribution < 1.29 is 73.7 Å². The summed E-state index contributed by atoms with van der Waals surface area (Å²) in [7, 11) is 0. The average Bonchev–Trinajstić information content (AvgIpc) is 3.65. The van der Waals surface area contributed by atoms with Crippen molar-refractivity contribution >= 4 is 47.0 Å². The van der Waals surface area contributed by atoms with Crippen LogP contribution in [0.3, 0.4) is 0 Å². The monoisotopic (exact) mass is 828 g/mol. The molecular formula is C41H42N5O14+. The zero-order valence-electron chi connectivity index (χ0n) is 31.9. The van der Waals surface area contributed by atoms with E-state index in [1.54, 1.807) is 24.3 Å². The van der Waals surface area contributed by atoms with Crippen molar-refractivity contribution in [2.75, 3.05) is 33.1 Å². The maximum Gasteiger partial charge on any atom is 0.284 e. The highest BCUT2D eigenvalue weighted by molar-refractivity contribution is 6.68. The number of aliphatic hydroxyl groups excluding tert-OH is 5. The van der Waals surface area contributed by atoms with Crippen LogP contribution < -0.4 is 19.7 Å². The maximum atomic E-state index is 14.7. The lowest BCUT2D eigenvalue weighted by atomic mass is 9.78. The summed E-state index contributed by atoms with van der Waals surface area (Å²) in [6.07, 6.45) is -8.60. The fraction of sp³-hybridized carbons (Fsp3) is 0.390. The van der Waals surface area contributed by atoms with Gasteiger partial charge in [-0.3, -0.25) is 25.1 Å². The number of nitrogens with one attached hydrogen (secondary N) is 3.